The molecule has 1 N–H and O–H groups in total. The maximum absolute atomic E-state index is 12.0. The molecule has 0 bridgehead atoms. The summed E-state index contributed by atoms with van der Waals surface area (Å²) in [5.41, 5.74) is 0. The SMILES string of the molecule is FC(F)(F)CCNc1nc(Cl)nc(N2CCCC2)n1. The maximum Gasteiger partial charge on any atom is 0.390 e. The van der Waals surface area contributed by atoms with Crippen LogP contribution < -0.4 is 10.2 Å². The summed E-state index contributed by atoms with van der Waals surface area (Å²) in [6.45, 7) is 1.36. The molecule has 0 aromatic carbocycles. The van der Waals surface area contributed by atoms with E-state index in [9.17, 15) is 13.2 Å². The van der Waals surface area contributed by atoms with Crippen molar-refractivity contribution in [2.45, 2.75) is 25.4 Å². The molecule has 0 radical (unpaired) electrons. The Kier molecular flexibility index (Phi) is 4.28. The van der Waals surface area contributed by atoms with Crippen molar-refractivity contribution < 1.29 is 13.2 Å². The van der Waals surface area contributed by atoms with Gasteiger partial charge in [0.25, 0.3) is 0 Å². The molecule has 1 saturated heterocycles. The molecule has 1 aliphatic rings. The van der Waals surface area contributed by atoms with Gasteiger partial charge in [-0.15, -0.1) is 0 Å². The van der Waals surface area contributed by atoms with Crippen LogP contribution >= 0.6 is 11.6 Å². The van der Waals surface area contributed by atoms with Crippen LogP contribution in [0.25, 0.3) is 0 Å². The fourth-order valence-corrected chi connectivity index (χ4v) is 1.95. The molecule has 1 fully saturated rings. The van der Waals surface area contributed by atoms with Gasteiger partial charge in [-0.1, -0.05) is 0 Å². The molecular weight excluding hydrogens is 283 g/mol. The number of hydrogen-bond acceptors (Lipinski definition) is 5. The number of anilines is 2. The van der Waals surface area contributed by atoms with Gasteiger partial charge in [-0.25, -0.2) is 0 Å². The molecule has 1 aliphatic heterocycles. The summed E-state index contributed by atoms with van der Waals surface area (Å²) >= 11 is 5.75. The standard InChI is InChI=1S/C10H13ClF3N5/c11-7-16-8(15-4-3-10(12,13)14)18-9(17-7)19-5-1-2-6-19/h1-6H2,(H,15,16,17,18). The Morgan fingerprint density at radius 1 is 1.16 bits per heavy atom. The lowest BCUT2D eigenvalue weighted by Crippen LogP contribution is -2.22. The van der Waals surface area contributed by atoms with E-state index in [1.165, 1.54) is 0 Å². The summed E-state index contributed by atoms with van der Waals surface area (Å²) < 4.78 is 36.1. The summed E-state index contributed by atoms with van der Waals surface area (Å²) in [7, 11) is 0. The molecule has 0 atom stereocenters. The average molecular weight is 296 g/mol. The number of nitrogens with one attached hydrogen (secondary N) is 1. The third-order valence-corrected chi connectivity index (χ3v) is 2.85. The lowest BCUT2D eigenvalue weighted by molar-refractivity contribution is -0.131. The first-order valence-electron chi connectivity index (χ1n) is 5.91. The molecular formula is C10H13ClF3N5. The molecule has 9 heteroatoms. The first-order valence-corrected chi connectivity index (χ1v) is 6.29. The van der Waals surface area contributed by atoms with Crippen molar-refractivity contribution in [3.05, 3.63) is 5.28 Å². The van der Waals surface area contributed by atoms with E-state index in [-0.39, 0.29) is 17.8 Å². The highest BCUT2D eigenvalue weighted by molar-refractivity contribution is 6.28. The fourth-order valence-electron chi connectivity index (χ4n) is 1.79. The van der Waals surface area contributed by atoms with Gasteiger partial charge in [0.1, 0.15) is 0 Å². The topological polar surface area (TPSA) is 53.9 Å². The minimum absolute atomic E-state index is 0.0218. The second-order valence-corrected chi connectivity index (χ2v) is 4.55. The highest BCUT2D eigenvalue weighted by Gasteiger charge is 2.26. The van der Waals surface area contributed by atoms with E-state index in [0.717, 1.165) is 25.9 Å². The van der Waals surface area contributed by atoms with Gasteiger partial charge in [0.2, 0.25) is 17.2 Å². The van der Waals surface area contributed by atoms with Crippen molar-refractivity contribution in [1.82, 2.24) is 15.0 Å². The third-order valence-electron chi connectivity index (χ3n) is 2.68. The summed E-state index contributed by atoms with van der Waals surface area (Å²) in [4.78, 5) is 13.8. The summed E-state index contributed by atoms with van der Waals surface area (Å²) in [6, 6.07) is 0. The fraction of sp³-hybridized carbons (Fsp3) is 0.700. The molecule has 2 rings (SSSR count). The minimum atomic E-state index is -4.21. The van der Waals surface area contributed by atoms with Crippen LogP contribution in [0.1, 0.15) is 19.3 Å². The van der Waals surface area contributed by atoms with E-state index in [0.29, 0.717) is 5.95 Å². The minimum Gasteiger partial charge on any atom is -0.354 e. The summed E-state index contributed by atoms with van der Waals surface area (Å²) in [5.74, 6) is 0.484. The molecule has 1 aromatic rings. The first-order chi connectivity index (χ1) is 8.94. The lowest BCUT2D eigenvalue weighted by Gasteiger charge is -2.15. The molecule has 5 nitrogen and oxygen atoms in total. The van der Waals surface area contributed by atoms with Crippen molar-refractivity contribution in [2.75, 3.05) is 29.9 Å². The Morgan fingerprint density at radius 3 is 2.47 bits per heavy atom. The third kappa shape index (κ3) is 4.38. The molecule has 0 spiro atoms. The second kappa shape index (κ2) is 5.77. The van der Waals surface area contributed by atoms with Crippen LogP contribution in [0.15, 0.2) is 0 Å². The van der Waals surface area contributed by atoms with Gasteiger partial charge < -0.3 is 10.2 Å². The molecule has 1 aromatic heterocycles. The lowest BCUT2D eigenvalue weighted by atomic mass is 10.4. The predicted octanol–water partition coefficient (Wildman–Crippen LogP) is 2.49. The van der Waals surface area contributed by atoms with Gasteiger partial charge in [-0.05, 0) is 24.4 Å². The van der Waals surface area contributed by atoms with Crippen LogP contribution in [0.3, 0.4) is 0 Å². The second-order valence-electron chi connectivity index (χ2n) is 4.21. The molecule has 0 unspecified atom stereocenters. The van der Waals surface area contributed by atoms with Gasteiger partial charge in [0.15, 0.2) is 0 Å². The van der Waals surface area contributed by atoms with E-state index in [1.54, 1.807) is 0 Å². The van der Waals surface area contributed by atoms with Crippen LogP contribution in [0.2, 0.25) is 5.28 Å². The van der Waals surface area contributed by atoms with Gasteiger partial charge in [0.05, 0.1) is 6.42 Å². The zero-order chi connectivity index (χ0) is 13.9. The van der Waals surface area contributed by atoms with Gasteiger partial charge in [-0.2, -0.15) is 28.1 Å². The van der Waals surface area contributed by atoms with Crippen molar-refractivity contribution >= 4 is 23.5 Å². The Hall–Kier alpha value is -1.31. The predicted molar refractivity (Wildman–Crippen MR) is 65.4 cm³/mol. The molecule has 0 amide bonds. The summed E-state index contributed by atoms with van der Waals surface area (Å²) in [5, 5.41) is 2.49. The molecule has 106 valence electrons. The van der Waals surface area contributed by atoms with E-state index < -0.39 is 12.6 Å². The van der Waals surface area contributed by atoms with Gasteiger partial charge in [0, 0.05) is 19.6 Å². The summed E-state index contributed by atoms with van der Waals surface area (Å²) in [6.07, 6.45) is -3.07. The van der Waals surface area contributed by atoms with E-state index in [4.69, 9.17) is 11.6 Å². The quantitative estimate of drug-likeness (QED) is 0.925. The van der Waals surface area contributed by atoms with Gasteiger partial charge >= 0.3 is 6.18 Å². The number of nitrogens with zero attached hydrogens (tertiary/aromatic N) is 4. The normalized spacial score (nSPS) is 15.9. The molecule has 0 aliphatic carbocycles. The average Bonchev–Trinajstić information content (AvgIpc) is 2.79. The van der Waals surface area contributed by atoms with Crippen molar-refractivity contribution in [3.8, 4) is 0 Å². The van der Waals surface area contributed by atoms with Crippen LogP contribution in [0.4, 0.5) is 25.1 Å². The van der Waals surface area contributed by atoms with E-state index >= 15 is 0 Å². The van der Waals surface area contributed by atoms with Crippen molar-refractivity contribution in [2.24, 2.45) is 0 Å². The molecule has 2 heterocycles. The van der Waals surface area contributed by atoms with Crippen molar-refractivity contribution in [3.63, 3.8) is 0 Å². The van der Waals surface area contributed by atoms with Gasteiger partial charge in [-0.3, -0.25) is 0 Å². The zero-order valence-corrected chi connectivity index (χ0v) is 10.8. The van der Waals surface area contributed by atoms with E-state index in [2.05, 4.69) is 20.3 Å². The monoisotopic (exact) mass is 295 g/mol. The van der Waals surface area contributed by atoms with Crippen LogP contribution in [-0.2, 0) is 0 Å². The molecule has 0 saturated carbocycles. The Bertz CT molecular complexity index is 434. The van der Waals surface area contributed by atoms with Crippen LogP contribution in [0, 0.1) is 0 Å². The largest absolute Gasteiger partial charge is 0.390 e. The highest BCUT2D eigenvalue weighted by atomic mass is 35.5. The number of alkyl halides is 3. The number of aromatic nitrogens is 3. The number of hydrogen-bond donors (Lipinski definition) is 1. The Balaban J connectivity index is 2.00. The maximum atomic E-state index is 12.0. The number of halogens is 4. The molecule has 19 heavy (non-hydrogen) atoms. The first kappa shape index (κ1) is 14.1. The van der Waals surface area contributed by atoms with E-state index in [1.807, 2.05) is 4.90 Å². The Morgan fingerprint density at radius 2 is 1.84 bits per heavy atom. The zero-order valence-electron chi connectivity index (χ0n) is 10.0. The van der Waals surface area contributed by atoms with Crippen LogP contribution in [-0.4, -0.2) is 40.8 Å². The van der Waals surface area contributed by atoms with Crippen LogP contribution in [0.5, 0.6) is 0 Å². The Labute approximate surface area is 113 Å². The highest BCUT2D eigenvalue weighted by Crippen LogP contribution is 2.21. The van der Waals surface area contributed by atoms with Crippen molar-refractivity contribution in [1.29, 1.82) is 0 Å². The smallest absolute Gasteiger partial charge is 0.354 e. The number of rotatable bonds is 4.